The molecular weight excluding hydrogens is 364 g/mol. The van der Waals surface area contributed by atoms with Crippen LogP contribution in [0.15, 0.2) is 72.9 Å². The van der Waals surface area contributed by atoms with E-state index in [1.807, 2.05) is 36.4 Å². The van der Waals surface area contributed by atoms with Crippen molar-refractivity contribution in [3.63, 3.8) is 0 Å². The number of nitrogens with one attached hydrogen (secondary N) is 1. The van der Waals surface area contributed by atoms with E-state index in [1.54, 1.807) is 19.4 Å². The van der Waals surface area contributed by atoms with Crippen LogP contribution in [-0.2, 0) is 0 Å². The maximum Gasteiger partial charge on any atom is 0.255 e. The van der Waals surface area contributed by atoms with Gasteiger partial charge in [-0.2, -0.15) is 0 Å². The highest BCUT2D eigenvalue weighted by molar-refractivity contribution is 6.05. The fourth-order valence-corrected chi connectivity index (χ4v) is 3.51. The summed E-state index contributed by atoms with van der Waals surface area (Å²) in [6.07, 6.45) is 1.69. The van der Waals surface area contributed by atoms with Crippen molar-refractivity contribution in [2.24, 2.45) is 0 Å². The molecule has 3 aromatic rings. The zero-order valence-corrected chi connectivity index (χ0v) is 16.4. The molecule has 6 nitrogen and oxygen atoms in total. The highest BCUT2D eigenvalue weighted by atomic mass is 16.5. The SMILES string of the molecule is COc1ccccc1NC(=O)c1ccnc(N2CCN(c3ccccc3)CC2)c1. The fraction of sp³-hybridized carbons (Fsp3) is 0.217. The van der Waals surface area contributed by atoms with E-state index in [0.717, 1.165) is 32.0 Å². The van der Waals surface area contributed by atoms with Gasteiger partial charge in [0.1, 0.15) is 11.6 Å². The predicted octanol–water partition coefficient (Wildman–Crippen LogP) is 3.67. The summed E-state index contributed by atoms with van der Waals surface area (Å²) in [5, 5.41) is 2.92. The molecular formula is C23H24N4O2. The highest BCUT2D eigenvalue weighted by Gasteiger charge is 2.19. The van der Waals surface area contributed by atoms with Crippen LogP contribution in [0.2, 0.25) is 0 Å². The van der Waals surface area contributed by atoms with Gasteiger partial charge in [0, 0.05) is 43.6 Å². The van der Waals surface area contributed by atoms with Crippen LogP contribution < -0.4 is 19.9 Å². The molecule has 0 spiro atoms. The lowest BCUT2D eigenvalue weighted by atomic mass is 10.2. The van der Waals surface area contributed by atoms with Crippen LogP contribution in [0.1, 0.15) is 10.4 Å². The summed E-state index contributed by atoms with van der Waals surface area (Å²) in [7, 11) is 1.59. The third-order valence-corrected chi connectivity index (χ3v) is 5.09. The number of methoxy groups -OCH3 is 1. The molecule has 0 unspecified atom stereocenters. The van der Waals surface area contributed by atoms with Gasteiger partial charge in [0.25, 0.3) is 5.91 Å². The van der Waals surface area contributed by atoms with Gasteiger partial charge in [-0.05, 0) is 36.4 Å². The Hall–Kier alpha value is -3.54. The third-order valence-electron chi connectivity index (χ3n) is 5.09. The second-order valence-corrected chi connectivity index (χ2v) is 6.87. The Bertz CT molecular complexity index is 969. The number of aromatic nitrogens is 1. The van der Waals surface area contributed by atoms with Gasteiger partial charge in [0.05, 0.1) is 12.8 Å². The lowest BCUT2D eigenvalue weighted by Gasteiger charge is -2.36. The van der Waals surface area contributed by atoms with Gasteiger partial charge in [-0.25, -0.2) is 4.98 Å². The van der Waals surface area contributed by atoms with Crippen LogP contribution >= 0.6 is 0 Å². The van der Waals surface area contributed by atoms with Crippen LogP contribution in [0.4, 0.5) is 17.2 Å². The summed E-state index contributed by atoms with van der Waals surface area (Å²) in [6.45, 7) is 3.56. The molecule has 1 saturated heterocycles. The molecule has 0 saturated carbocycles. The molecule has 4 rings (SSSR count). The quantitative estimate of drug-likeness (QED) is 0.723. The highest BCUT2D eigenvalue weighted by Crippen LogP contribution is 2.24. The van der Waals surface area contributed by atoms with Crippen LogP contribution in [0.25, 0.3) is 0 Å². The first-order valence-corrected chi connectivity index (χ1v) is 9.70. The summed E-state index contributed by atoms with van der Waals surface area (Å²) in [6, 6.07) is 21.4. The number of hydrogen-bond acceptors (Lipinski definition) is 5. The van der Waals surface area contributed by atoms with Gasteiger partial charge in [-0.15, -0.1) is 0 Å². The molecule has 2 aromatic carbocycles. The third kappa shape index (κ3) is 4.32. The lowest BCUT2D eigenvalue weighted by molar-refractivity contribution is 0.102. The Morgan fingerprint density at radius 2 is 1.62 bits per heavy atom. The van der Waals surface area contributed by atoms with Crippen molar-refractivity contribution in [3.8, 4) is 5.75 Å². The molecule has 1 N–H and O–H groups in total. The number of pyridine rings is 1. The largest absolute Gasteiger partial charge is 0.495 e. The summed E-state index contributed by atoms with van der Waals surface area (Å²) in [4.78, 5) is 21.8. The minimum absolute atomic E-state index is 0.180. The van der Waals surface area contributed by atoms with Crippen molar-refractivity contribution in [2.75, 3.05) is 48.4 Å². The Labute approximate surface area is 170 Å². The predicted molar refractivity (Wildman–Crippen MR) is 116 cm³/mol. The number of ether oxygens (including phenoxy) is 1. The van der Waals surface area contributed by atoms with Gasteiger partial charge in [-0.1, -0.05) is 30.3 Å². The topological polar surface area (TPSA) is 57.7 Å². The molecule has 0 atom stereocenters. The van der Waals surface area contributed by atoms with E-state index in [1.165, 1.54) is 5.69 Å². The van der Waals surface area contributed by atoms with Gasteiger partial charge in [0.15, 0.2) is 0 Å². The number of amides is 1. The first kappa shape index (κ1) is 18.8. The Morgan fingerprint density at radius 1 is 0.931 bits per heavy atom. The van der Waals surface area contributed by atoms with Gasteiger partial charge >= 0.3 is 0 Å². The minimum Gasteiger partial charge on any atom is -0.495 e. The first-order valence-electron chi connectivity index (χ1n) is 9.70. The van der Waals surface area contributed by atoms with Crippen LogP contribution in [0.5, 0.6) is 5.75 Å². The van der Waals surface area contributed by atoms with Crippen molar-refractivity contribution in [2.45, 2.75) is 0 Å². The first-order chi connectivity index (χ1) is 14.2. The molecule has 0 radical (unpaired) electrons. The van der Waals surface area contributed by atoms with Crippen LogP contribution in [-0.4, -0.2) is 44.2 Å². The summed E-state index contributed by atoms with van der Waals surface area (Å²) in [5.74, 6) is 1.28. The van der Waals surface area contributed by atoms with Crippen molar-refractivity contribution >= 4 is 23.1 Å². The number of carbonyl (C=O) groups is 1. The molecule has 1 fully saturated rings. The van der Waals surface area contributed by atoms with Crippen molar-refractivity contribution in [1.29, 1.82) is 0 Å². The van der Waals surface area contributed by atoms with E-state index in [-0.39, 0.29) is 5.91 Å². The Balaban J connectivity index is 1.43. The molecule has 29 heavy (non-hydrogen) atoms. The molecule has 2 heterocycles. The van der Waals surface area contributed by atoms with E-state index in [0.29, 0.717) is 17.0 Å². The molecule has 6 heteroatoms. The average molecular weight is 388 g/mol. The van der Waals surface area contributed by atoms with E-state index in [4.69, 9.17) is 4.74 Å². The zero-order chi connectivity index (χ0) is 20.1. The molecule has 1 amide bonds. The van der Waals surface area contributed by atoms with Gasteiger partial charge in [-0.3, -0.25) is 4.79 Å². The number of rotatable bonds is 5. The minimum atomic E-state index is -0.180. The lowest BCUT2D eigenvalue weighted by Crippen LogP contribution is -2.46. The monoisotopic (exact) mass is 388 g/mol. The smallest absolute Gasteiger partial charge is 0.255 e. The Morgan fingerprint density at radius 3 is 2.38 bits per heavy atom. The van der Waals surface area contributed by atoms with Crippen LogP contribution in [0.3, 0.4) is 0 Å². The van der Waals surface area contributed by atoms with Crippen LogP contribution in [0, 0.1) is 0 Å². The molecule has 1 aliphatic heterocycles. The molecule has 148 valence electrons. The van der Waals surface area contributed by atoms with E-state index < -0.39 is 0 Å². The molecule has 1 aromatic heterocycles. The van der Waals surface area contributed by atoms with Crippen molar-refractivity contribution in [1.82, 2.24) is 4.98 Å². The maximum absolute atomic E-state index is 12.7. The van der Waals surface area contributed by atoms with E-state index in [9.17, 15) is 4.79 Å². The van der Waals surface area contributed by atoms with Gasteiger partial charge < -0.3 is 19.9 Å². The number of piperazine rings is 1. The normalized spacial score (nSPS) is 13.8. The molecule has 1 aliphatic rings. The number of para-hydroxylation sites is 3. The van der Waals surface area contributed by atoms with Crippen molar-refractivity contribution in [3.05, 3.63) is 78.5 Å². The zero-order valence-electron chi connectivity index (χ0n) is 16.4. The second kappa shape index (κ2) is 8.65. The maximum atomic E-state index is 12.7. The molecule has 0 bridgehead atoms. The number of carbonyl (C=O) groups excluding carboxylic acids is 1. The van der Waals surface area contributed by atoms with Gasteiger partial charge in [0.2, 0.25) is 0 Å². The summed E-state index contributed by atoms with van der Waals surface area (Å²) >= 11 is 0. The van der Waals surface area contributed by atoms with Crippen molar-refractivity contribution < 1.29 is 9.53 Å². The molecule has 0 aliphatic carbocycles. The number of benzene rings is 2. The number of hydrogen-bond donors (Lipinski definition) is 1. The number of nitrogens with zero attached hydrogens (tertiary/aromatic N) is 3. The second-order valence-electron chi connectivity index (χ2n) is 6.87. The number of anilines is 3. The standard InChI is InChI=1S/C23H24N4O2/c1-29-21-10-6-5-9-20(21)25-23(28)18-11-12-24-22(17-18)27-15-13-26(14-16-27)19-7-3-2-4-8-19/h2-12,17H,13-16H2,1H3,(H,25,28). The summed E-state index contributed by atoms with van der Waals surface area (Å²) < 4.78 is 5.31. The van der Waals surface area contributed by atoms with E-state index >= 15 is 0 Å². The summed E-state index contributed by atoms with van der Waals surface area (Å²) in [5.41, 5.74) is 2.46. The van der Waals surface area contributed by atoms with E-state index in [2.05, 4.69) is 44.4 Å². The Kier molecular flexibility index (Phi) is 5.61. The average Bonchev–Trinajstić information content (AvgIpc) is 2.80. The fourth-order valence-electron chi connectivity index (χ4n) is 3.51.